The molecule has 0 aromatic heterocycles. The third kappa shape index (κ3) is 8.50. The highest BCUT2D eigenvalue weighted by Gasteiger charge is 2.18. The van der Waals surface area contributed by atoms with E-state index in [4.69, 9.17) is 0 Å². The van der Waals surface area contributed by atoms with Gasteiger partial charge in [0.05, 0.1) is 0 Å². The largest absolute Gasteiger partial charge is 0.357 e. The Bertz CT molecular complexity index is 666. The van der Waals surface area contributed by atoms with Crippen LogP contribution in [0, 0.1) is 0 Å². The number of aliphatic imine (C=N–C) groups is 1. The van der Waals surface area contributed by atoms with Gasteiger partial charge in [-0.05, 0) is 44.7 Å². The average Bonchev–Trinajstić information content (AvgIpc) is 3.34. The first kappa shape index (κ1) is 23.5. The summed E-state index contributed by atoms with van der Waals surface area (Å²) in [4.78, 5) is 23.7. The van der Waals surface area contributed by atoms with Crippen LogP contribution in [0.25, 0.3) is 0 Å². The topological polar surface area (TPSA) is 63.2 Å². The maximum Gasteiger partial charge on any atom is 0.244 e. The van der Waals surface area contributed by atoms with Gasteiger partial charge < -0.3 is 20.4 Å². The monoisotopic (exact) mass is 428 g/mol. The van der Waals surface area contributed by atoms with Gasteiger partial charge >= 0.3 is 0 Å². The summed E-state index contributed by atoms with van der Waals surface area (Å²) >= 11 is 0. The molecule has 2 saturated heterocycles. The molecule has 2 heterocycles. The number of hydrogen-bond donors (Lipinski definition) is 2. The average molecular weight is 429 g/mol. The van der Waals surface area contributed by atoms with Gasteiger partial charge in [-0.3, -0.25) is 9.69 Å². The summed E-state index contributed by atoms with van der Waals surface area (Å²) in [5.74, 6) is 0.894. The number of guanidine groups is 1. The van der Waals surface area contributed by atoms with Crippen LogP contribution < -0.4 is 10.6 Å². The lowest BCUT2D eigenvalue weighted by Gasteiger charge is -2.34. The van der Waals surface area contributed by atoms with Crippen molar-refractivity contribution in [2.24, 2.45) is 4.99 Å². The summed E-state index contributed by atoms with van der Waals surface area (Å²) in [5, 5.41) is 6.63. The standard InChI is InChI=1S/C24H40N6O/c1-2-25-24(27-20-23(31)30-14-8-9-15-30)26-12-6-7-13-28-16-18-29(19-17-28)21-22-10-4-3-5-11-22/h3-5,10-11H,2,6-9,12-21H2,1H3,(H2,25,26,27). The number of hydrogen-bond acceptors (Lipinski definition) is 4. The summed E-state index contributed by atoms with van der Waals surface area (Å²) < 4.78 is 0. The molecular weight excluding hydrogens is 388 g/mol. The molecule has 0 aliphatic carbocycles. The lowest BCUT2D eigenvalue weighted by Crippen LogP contribution is -2.46. The Kier molecular flexibility index (Phi) is 10.1. The lowest BCUT2D eigenvalue weighted by molar-refractivity contribution is -0.128. The second-order valence-corrected chi connectivity index (χ2v) is 8.52. The van der Waals surface area contributed by atoms with Crippen LogP contribution in [0.1, 0.15) is 38.2 Å². The van der Waals surface area contributed by atoms with Crippen molar-refractivity contribution in [3.05, 3.63) is 35.9 Å². The number of benzene rings is 1. The summed E-state index contributed by atoms with van der Waals surface area (Å²) in [6, 6.07) is 10.8. The number of piperazine rings is 1. The molecule has 2 aliphatic heterocycles. The molecule has 0 radical (unpaired) electrons. The molecule has 7 nitrogen and oxygen atoms in total. The van der Waals surface area contributed by atoms with Gasteiger partial charge in [0, 0.05) is 58.9 Å². The molecule has 0 saturated carbocycles. The van der Waals surface area contributed by atoms with Crippen molar-refractivity contribution in [3.63, 3.8) is 0 Å². The Labute approximate surface area is 187 Å². The molecule has 1 aromatic rings. The van der Waals surface area contributed by atoms with Gasteiger partial charge in [-0.15, -0.1) is 0 Å². The first-order valence-electron chi connectivity index (χ1n) is 12.0. The third-order valence-corrected chi connectivity index (χ3v) is 6.08. The van der Waals surface area contributed by atoms with Crippen LogP contribution in [0.5, 0.6) is 0 Å². The molecule has 2 N–H and O–H groups in total. The van der Waals surface area contributed by atoms with Crippen LogP contribution in [0.3, 0.4) is 0 Å². The smallest absolute Gasteiger partial charge is 0.244 e. The highest BCUT2D eigenvalue weighted by Crippen LogP contribution is 2.09. The summed E-state index contributed by atoms with van der Waals surface area (Å²) in [7, 11) is 0. The minimum Gasteiger partial charge on any atom is -0.357 e. The van der Waals surface area contributed by atoms with E-state index in [1.54, 1.807) is 0 Å². The molecular formula is C24H40N6O. The summed E-state index contributed by atoms with van der Waals surface area (Å²) in [6.07, 6.45) is 4.53. The second-order valence-electron chi connectivity index (χ2n) is 8.52. The normalized spacial score (nSPS) is 18.4. The van der Waals surface area contributed by atoms with Gasteiger partial charge in [0.15, 0.2) is 5.96 Å². The Morgan fingerprint density at radius 2 is 1.65 bits per heavy atom. The van der Waals surface area contributed by atoms with Crippen LogP contribution in [0.15, 0.2) is 35.3 Å². The number of likely N-dealkylation sites (tertiary alicyclic amines) is 1. The van der Waals surface area contributed by atoms with Crippen molar-refractivity contribution in [1.29, 1.82) is 0 Å². The zero-order chi connectivity index (χ0) is 21.7. The number of unbranched alkanes of at least 4 members (excludes halogenated alkanes) is 1. The molecule has 31 heavy (non-hydrogen) atoms. The van der Waals surface area contributed by atoms with E-state index in [-0.39, 0.29) is 12.5 Å². The number of amides is 1. The van der Waals surface area contributed by atoms with E-state index in [1.165, 1.54) is 12.0 Å². The lowest BCUT2D eigenvalue weighted by atomic mass is 10.2. The maximum atomic E-state index is 12.2. The van der Waals surface area contributed by atoms with E-state index in [9.17, 15) is 4.79 Å². The molecule has 1 amide bonds. The molecule has 2 fully saturated rings. The predicted octanol–water partition coefficient (Wildman–Crippen LogP) is 1.76. The van der Waals surface area contributed by atoms with Crippen molar-refractivity contribution in [1.82, 2.24) is 25.3 Å². The van der Waals surface area contributed by atoms with Gasteiger partial charge in [0.2, 0.25) is 5.91 Å². The van der Waals surface area contributed by atoms with Crippen LogP contribution in [-0.2, 0) is 11.3 Å². The predicted molar refractivity (Wildman–Crippen MR) is 127 cm³/mol. The zero-order valence-electron chi connectivity index (χ0n) is 19.2. The van der Waals surface area contributed by atoms with E-state index < -0.39 is 0 Å². The van der Waals surface area contributed by atoms with E-state index in [0.29, 0.717) is 0 Å². The minimum absolute atomic E-state index is 0.140. The van der Waals surface area contributed by atoms with Crippen molar-refractivity contribution >= 4 is 11.9 Å². The first-order chi connectivity index (χ1) is 15.2. The van der Waals surface area contributed by atoms with Crippen LogP contribution in [-0.4, -0.2) is 92.0 Å². The number of carbonyl (C=O) groups excluding carboxylic acids is 1. The van der Waals surface area contributed by atoms with E-state index in [2.05, 4.69) is 62.7 Å². The van der Waals surface area contributed by atoms with Crippen molar-refractivity contribution in [2.45, 2.75) is 39.2 Å². The van der Waals surface area contributed by atoms with Crippen molar-refractivity contribution < 1.29 is 4.79 Å². The quantitative estimate of drug-likeness (QED) is 0.338. The SMILES string of the molecule is CCNC(=NCC(=O)N1CCCC1)NCCCCN1CCN(Cc2ccccc2)CC1. The maximum absolute atomic E-state index is 12.2. The first-order valence-corrected chi connectivity index (χ1v) is 12.0. The minimum atomic E-state index is 0.140. The molecule has 1 aromatic carbocycles. The third-order valence-electron chi connectivity index (χ3n) is 6.08. The molecule has 3 rings (SSSR count). The van der Waals surface area contributed by atoms with Gasteiger partial charge in [-0.1, -0.05) is 30.3 Å². The molecule has 0 bridgehead atoms. The van der Waals surface area contributed by atoms with Gasteiger partial charge in [0.1, 0.15) is 6.54 Å². The highest BCUT2D eigenvalue weighted by molar-refractivity contribution is 5.85. The summed E-state index contributed by atoms with van der Waals surface area (Å²) in [6.45, 7) is 12.6. The number of nitrogens with zero attached hydrogens (tertiary/aromatic N) is 4. The van der Waals surface area contributed by atoms with Gasteiger partial charge in [0.25, 0.3) is 0 Å². The molecule has 0 spiro atoms. The fraction of sp³-hybridized carbons (Fsp3) is 0.667. The Balaban J connectivity index is 1.26. The Morgan fingerprint density at radius 1 is 0.935 bits per heavy atom. The van der Waals surface area contributed by atoms with Crippen LogP contribution in [0.4, 0.5) is 0 Å². The molecule has 7 heteroatoms. The Hall–Kier alpha value is -2.12. The number of nitrogens with one attached hydrogen (secondary N) is 2. The zero-order valence-corrected chi connectivity index (χ0v) is 19.2. The molecule has 172 valence electrons. The number of carbonyl (C=O) groups is 1. The number of rotatable bonds is 10. The second kappa shape index (κ2) is 13.3. The fourth-order valence-electron chi connectivity index (χ4n) is 4.23. The summed E-state index contributed by atoms with van der Waals surface area (Å²) in [5.41, 5.74) is 1.40. The van der Waals surface area contributed by atoms with Crippen molar-refractivity contribution in [2.75, 3.05) is 65.4 Å². The van der Waals surface area contributed by atoms with E-state index in [0.717, 1.165) is 90.7 Å². The van der Waals surface area contributed by atoms with Gasteiger partial charge in [-0.2, -0.15) is 0 Å². The highest BCUT2D eigenvalue weighted by atomic mass is 16.2. The Morgan fingerprint density at radius 3 is 2.35 bits per heavy atom. The fourth-order valence-corrected chi connectivity index (χ4v) is 4.23. The van der Waals surface area contributed by atoms with E-state index in [1.807, 2.05) is 4.90 Å². The van der Waals surface area contributed by atoms with Crippen LogP contribution in [0.2, 0.25) is 0 Å². The van der Waals surface area contributed by atoms with Crippen LogP contribution >= 0.6 is 0 Å². The molecule has 2 aliphatic rings. The molecule has 0 atom stereocenters. The molecule has 0 unspecified atom stereocenters. The van der Waals surface area contributed by atoms with Crippen molar-refractivity contribution in [3.8, 4) is 0 Å². The van der Waals surface area contributed by atoms with E-state index >= 15 is 0 Å². The van der Waals surface area contributed by atoms with Gasteiger partial charge in [-0.25, -0.2) is 4.99 Å².